The molecule has 2 aromatic rings. The first-order chi connectivity index (χ1) is 12.8. The molecule has 4 nitrogen and oxygen atoms in total. The van der Waals surface area contributed by atoms with Crippen LogP contribution in [-0.2, 0) is 9.59 Å². The second-order valence-corrected chi connectivity index (χ2v) is 8.14. The van der Waals surface area contributed by atoms with Crippen molar-refractivity contribution in [3.05, 3.63) is 63.8 Å². The maximum absolute atomic E-state index is 13.3. The van der Waals surface area contributed by atoms with E-state index in [0.717, 1.165) is 4.90 Å². The number of benzene rings is 2. The largest absolute Gasteiger partial charge is 0.495 e. The fourth-order valence-electron chi connectivity index (χ4n) is 2.75. The molecule has 1 aliphatic rings. The average Bonchev–Trinajstić information content (AvgIpc) is 2.85. The van der Waals surface area contributed by atoms with Gasteiger partial charge in [-0.25, -0.2) is 9.29 Å². The maximum Gasteiger partial charge on any atom is 0.272 e. The lowest BCUT2D eigenvalue weighted by atomic mass is 10.1. The Hall–Kier alpha value is -2.31. The van der Waals surface area contributed by atoms with E-state index >= 15 is 0 Å². The molecule has 0 N–H and O–H groups in total. The molecule has 0 atom stereocenters. The molecule has 1 heterocycles. The summed E-state index contributed by atoms with van der Waals surface area (Å²) >= 11 is 7.47. The van der Waals surface area contributed by atoms with E-state index in [-0.39, 0.29) is 10.8 Å². The highest BCUT2D eigenvalue weighted by molar-refractivity contribution is 8.04. The molecule has 0 aromatic heterocycles. The third-order valence-electron chi connectivity index (χ3n) is 3.92. The molecule has 0 aliphatic carbocycles. The summed E-state index contributed by atoms with van der Waals surface area (Å²) in [6.45, 7) is 3.87. The third kappa shape index (κ3) is 3.73. The Morgan fingerprint density at radius 3 is 2.30 bits per heavy atom. The van der Waals surface area contributed by atoms with Crippen LogP contribution in [0.1, 0.15) is 19.4 Å². The Kier molecular flexibility index (Phi) is 5.58. The van der Waals surface area contributed by atoms with Crippen molar-refractivity contribution in [3.63, 3.8) is 0 Å². The van der Waals surface area contributed by atoms with E-state index in [0.29, 0.717) is 26.9 Å². The van der Waals surface area contributed by atoms with Gasteiger partial charge in [-0.3, -0.25) is 9.59 Å². The first-order valence-electron chi connectivity index (χ1n) is 8.22. The molecule has 2 aromatic carbocycles. The third-order valence-corrected chi connectivity index (χ3v) is 5.30. The lowest BCUT2D eigenvalue weighted by molar-refractivity contribution is -0.119. The van der Waals surface area contributed by atoms with E-state index in [1.807, 2.05) is 13.8 Å². The standard InChI is InChI=1S/C20H17ClFNO3S/c1-11(2)27-18-17(12-4-6-13(22)7-5-12)19(24)23(20(18)25)14-8-9-16(26-3)15(21)10-14/h4-11H,1-3H3. The number of carbonyl (C=O) groups excluding carboxylic acids is 2. The molecular formula is C20H17ClFNO3S. The molecule has 0 radical (unpaired) electrons. The van der Waals surface area contributed by atoms with Gasteiger partial charge in [-0.05, 0) is 35.9 Å². The quantitative estimate of drug-likeness (QED) is 0.663. The van der Waals surface area contributed by atoms with E-state index < -0.39 is 17.6 Å². The van der Waals surface area contributed by atoms with Crippen LogP contribution in [0.4, 0.5) is 10.1 Å². The molecule has 0 spiro atoms. The van der Waals surface area contributed by atoms with Gasteiger partial charge in [0.25, 0.3) is 11.8 Å². The molecule has 2 amide bonds. The molecule has 1 aliphatic heterocycles. The fraction of sp³-hybridized carbons (Fsp3) is 0.200. The number of ether oxygens (including phenoxy) is 1. The Bertz CT molecular complexity index is 941. The van der Waals surface area contributed by atoms with Crippen molar-refractivity contribution in [3.8, 4) is 5.75 Å². The maximum atomic E-state index is 13.3. The summed E-state index contributed by atoms with van der Waals surface area (Å²) in [6.07, 6.45) is 0. The van der Waals surface area contributed by atoms with Crippen molar-refractivity contribution in [1.29, 1.82) is 0 Å². The second-order valence-electron chi connectivity index (χ2n) is 6.14. The predicted molar refractivity (Wildman–Crippen MR) is 107 cm³/mol. The molecule has 7 heteroatoms. The van der Waals surface area contributed by atoms with Gasteiger partial charge < -0.3 is 4.74 Å². The van der Waals surface area contributed by atoms with Gasteiger partial charge in [0, 0.05) is 5.25 Å². The number of hydrogen-bond acceptors (Lipinski definition) is 4. The van der Waals surface area contributed by atoms with Crippen LogP contribution in [0.15, 0.2) is 47.4 Å². The average molecular weight is 406 g/mol. The minimum absolute atomic E-state index is 0.0894. The van der Waals surface area contributed by atoms with Gasteiger partial charge in [-0.15, -0.1) is 11.8 Å². The lowest BCUT2D eigenvalue weighted by Gasteiger charge is -2.16. The topological polar surface area (TPSA) is 46.6 Å². The number of imide groups is 1. The van der Waals surface area contributed by atoms with Crippen LogP contribution in [0, 0.1) is 5.82 Å². The van der Waals surface area contributed by atoms with E-state index in [1.165, 1.54) is 49.2 Å². The van der Waals surface area contributed by atoms with Gasteiger partial charge in [0.05, 0.1) is 28.3 Å². The highest BCUT2D eigenvalue weighted by Crippen LogP contribution is 2.41. The van der Waals surface area contributed by atoms with Crippen molar-refractivity contribution in [2.45, 2.75) is 19.1 Å². The molecule has 0 fully saturated rings. The smallest absolute Gasteiger partial charge is 0.272 e. The fourth-order valence-corrected chi connectivity index (χ4v) is 3.99. The molecule has 0 bridgehead atoms. The van der Waals surface area contributed by atoms with Crippen LogP contribution in [-0.4, -0.2) is 24.2 Å². The van der Waals surface area contributed by atoms with Gasteiger partial charge in [-0.1, -0.05) is 37.6 Å². The van der Waals surface area contributed by atoms with Crippen LogP contribution in [0.2, 0.25) is 5.02 Å². The Morgan fingerprint density at radius 2 is 1.74 bits per heavy atom. The monoisotopic (exact) mass is 405 g/mol. The van der Waals surface area contributed by atoms with Gasteiger partial charge >= 0.3 is 0 Å². The van der Waals surface area contributed by atoms with Crippen LogP contribution >= 0.6 is 23.4 Å². The zero-order chi connectivity index (χ0) is 19.7. The molecular weight excluding hydrogens is 389 g/mol. The molecule has 140 valence electrons. The minimum atomic E-state index is -0.462. The lowest BCUT2D eigenvalue weighted by Crippen LogP contribution is -2.31. The van der Waals surface area contributed by atoms with E-state index in [9.17, 15) is 14.0 Å². The van der Waals surface area contributed by atoms with Crippen LogP contribution in [0.5, 0.6) is 5.75 Å². The highest BCUT2D eigenvalue weighted by atomic mass is 35.5. The number of hydrogen-bond donors (Lipinski definition) is 0. The number of thioether (sulfide) groups is 1. The van der Waals surface area contributed by atoms with Gasteiger partial charge in [0.1, 0.15) is 11.6 Å². The number of halogens is 2. The SMILES string of the molecule is COc1ccc(N2C(=O)C(SC(C)C)=C(c3ccc(F)cc3)C2=O)cc1Cl. The van der Waals surface area contributed by atoms with E-state index in [2.05, 4.69) is 0 Å². The van der Waals surface area contributed by atoms with Gasteiger partial charge in [-0.2, -0.15) is 0 Å². The molecule has 27 heavy (non-hydrogen) atoms. The van der Waals surface area contributed by atoms with Crippen molar-refractivity contribution in [1.82, 2.24) is 0 Å². The van der Waals surface area contributed by atoms with Crippen LogP contribution in [0.3, 0.4) is 0 Å². The highest BCUT2D eigenvalue weighted by Gasteiger charge is 2.40. The number of carbonyl (C=O) groups is 2. The minimum Gasteiger partial charge on any atom is -0.495 e. The Labute approximate surface area is 166 Å². The zero-order valence-electron chi connectivity index (χ0n) is 15.0. The summed E-state index contributed by atoms with van der Waals surface area (Å²) in [7, 11) is 1.48. The number of amides is 2. The van der Waals surface area contributed by atoms with Crippen LogP contribution < -0.4 is 9.64 Å². The second kappa shape index (κ2) is 7.74. The number of rotatable bonds is 5. The van der Waals surface area contributed by atoms with Crippen molar-refractivity contribution in [2.75, 3.05) is 12.0 Å². The zero-order valence-corrected chi connectivity index (χ0v) is 16.5. The molecule has 0 saturated carbocycles. The van der Waals surface area contributed by atoms with E-state index in [1.54, 1.807) is 12.1 Å². The normalized spacial score (nSPS) is 14.5. The number of methoxy groups -OCH3 is 1. The van der Waals surface area contributed by atoms with Gasteiger partial charge in [0.2, 0.25) is 0 Å². The van der Waals surface area contributed by atoms with Gasteiger partial charge in [0.15, 0.2) is 0 Å². The van der Waals surface area contributed by atoms with E-state index in [4.69, 9.17) is 16.3 Å². The summed E-state index contributed by atoms with van der Waals surface area (Å²) in [4.78, 5) is 27.6. The molecule has 0 saturated heterocycles. The number of nitrogens with zero attached hydrogens (tertiary/aromatic N) is 1. The summed E-state index contributed by atoms with van der Waals surface area (Å²) in [6, 6.07) is 10.3. The predicted octanol–water partition coefficient (Wildman–Crippen LogP) is 4.91. The Balaban J connectivity index is 2.08. The summed E-state index contributed by atoms with van der Waals surface area (Å²) < 4.78 is 18.4. The summed E-state index contributed by atoms with van der Waals surface area (Å²) in [5.74, 6) is -0.841. The first-order valence-corrected chi connectivity index (χ1v) is 9.48. The summed E-state index contributed by atoms with van der Waals surface area (Å²) in [5, 5.41) is 0.385. The first kappa shape index (κ1) is 19.5. The Morgan fingerprint density at radius 1 is 1.07 bits per heavy atom. The van der Waals surface area contributed by atoms with Crippen molar-refractivity contribution < 1.29 is 18.7 Å². The summed E-state index contributed by atoms with van der Waals surface area (Å²) in [5.41, 5.74) is 1.13. The van der Waals surface area contributed by atoms with Crippen molar-refractivity contribution >= 4 is 46.4 Å². The number of anilines is 1. The van der Waals surface area contributed by atoms with Crippen LogP contribution in [0.25, 0.3) is 5.57 Å². The molecule has 3 rings (SSSR count). The van der Waals surface area contributed by atoms with Crippen molar-refractivity contribution in [2.24, 2.45) is 0 Å². The molecule has 0 unspecified atom stereocenters.